The van der Waals surface area contributed by atoms with Gasteiger partial charge in [0.05, 0.1) is 35.0 Å². The van der Waals surface area contributed by atoms with Gasteiger partial charge in [0.1, 0.15) is 12.4 Å². The number of hydrogen-bond acceptors (Lipinski definition) is 5. The monoisotopic (exact) mass is 486 g/mol. The summed E-state index contributed by atoms with van der Waals surface area (Å²) in [6.45, 7) is 1.28. The molecule has 1 fully saturated rings. The van der Waals surface area contributed by atoms with Crippen LogP contribution in [0.25, 0.3) is 11.1 Å². The number of hydrogen-bond donors (Lipinski definition) is 0. The van der Waals surface area contributed by atoms with E-state index in [4.69, 9.17) is 37.4 Å². The van der Waals surface area contributed by atoms with Crippen molar-refractivity contribution in [3.05, 3.63) is 74.6 Å². The maximum Gasteiger partial charge on any atom is 0.300 e. The average Bonchev–Trinajstić information content (AvgIpc) is 3.48. The molecule has 0 radical (unpaired) electrons. The number of halogens is 2. The van der Waals surface area contributed by atoms with E-state index in [1.54, 1.807) is 6.07 Å². The molecule has 1 atom stereocenters. The van der Waals surface area contributed by atoms with E-state index in [9.17, 15) is 4.79 Å². The Bertz CT molecular complexity index is 1190. The van der Waals surface area contributed by atoms with Crippen LogP contribution in [0.4, 0.5) is 0 Å². The highest BCUT2D eigenvalue weighted by Gasteiger charge is 2.27. The van der Waals surface area contributed by atoms with Gasteiger partial charge in [0.2, 0.25) is 0 Å². The average molecular weight is 487 g/mol. The Labute approximate surface area is 202 Å². The molecule has 0 saturated heterocycles. The molecule has 8 heteroatoms. The van der Waals surface area contributed by atoms with E-state index in [1.807, 2.05) is 41.0 Å². The summed E-state index contributed by atoms with van der Waals surface area (Å²) < 4.78 is 19.7. The molecular formula is C25H24Cl2N2O4. The zero-order chi connectivity index (χ0) is 22.8. The highest BCUT2D eigenvalue weighted by atomic mass is 35.5. The van der Waals surface area contributed by atoms with Crippen LogP contribution >= 0.6 is 23.2 Å². The molecule has 3 aromatic rings. The fourth-order valence-corrected chi connectivity index (χ4v) is 4.73. The minimum Gasteiger partial charge on any atom is -0.490 e. The molecule has 5 rings (SSSR count). The lowest BCUT2D eigenvalue weighted by atomic mass is 10.1. The van der Waals surface area contributed by atoms with Crippen LogP contribution in [0.3, 0.4) is 0 Å². The molecule has 0 spiro atoms. The molecule has 2 aromatic carbocycles. The first-order valence-electron chi connectivity index (χ1n) is 11.1. The molecule has 1 unspecified atom stereocenters. The quantitative estimate of drug-likeness (QED) is 0.440. The fraction of sp³-hybridized carbons (Fsp3) is 0.360. The van der Waals surface area contributed by atoms with Crippen molar-refractivity contribution in [1.82, 2.24) is 9.55 Å². The third-order valence-corrected chi connectivity index (χ3v) is 6.87. The Morgan fingerprint density at radius 2 is 1.88 bits per heavy atom. The van der Waals surface area contributed by atoms with E-state index in [0.29, 0.717) is 41.6 Å². The summed E-state index contributed by atoms with van der Waals surface area (Å²) in [5.41, 5.74) is 2.30. The lowest BCUT2D eigenvalue weighted by molar-refractivity contribution is 0.0418. The van der Waals surface area contributed by atoms with Gasteiger partial charge in [-0.15, -0.1) is 0 Å². The van der Waals surface area contributed by atoms with Gasteiger partial charge in [-0.05, 0) is 36.6 Å². The van der Waals surface area contributed by atoms with Crippen LogP contribution in [0.2, 0.25) is 10.0 Å². The number of benzene rings is 2. The Kier molecular flexibility index (Phi) is 6.58. The van der Waals surface area contributed by atoms with Gasteiger partial charge in [0, 0.05) is 11.6 Å². The molecule has 2 aliphatic rings. The summed E-state index contributed by atoms with van der Waals surface area (Å²) in [5.74, 6) is 0.712. The van der Waals surface area contributed by atoms with Crippen LogP contribution in [-0.4, -0.2) is 28.4 Å². The molecule has 2 heterocycles. The molecule has 1 aliphatic carbocycles. The first-order valence-corrected chi connectivity index (χ1v) is 11.9. The van der Waals surface area contributed by atoms with Crippen molar-refractivity contribution in [3.63, 3.8) is 0 Å². The number of rotatable bonds is 7. The molecule has 172 valence electrons. The normalized spacial score (nSPS) is 17.7. The Morgan fingerprint density at radius 1 is 1.09 bits per heavy atom. The lowest BCUT2D eigenvalue weighted by Gasteiger charge is -2.14. The molecule has 6 nitrogen and oxygen atoms in total. The van der Waals surface area contributed by atoms with Crippen molar-refractivity contribution in [3.8, 4) is 22.9 Å². The summed E-state index contributed by atoms with van der Waals surface area (Å²) in [4.78, 5) is 16.0. The van der Waals surface area contributed by atoms with Gasteiger partial charge in [-0.3, -0.25) is 9.36 Å². The minimum atomic E-state index is -0.317. The van der Waals surface area contributed by atoms with Gasteiger partial charge < -0.3 is 14.2 Å². The number of nitrogens with zero attached hydrogens (tertiary/aromatic N) is 2. The van der Waals surface area contributed by atoms with Crippen LogP contribution in [0, 0.1) is 0 Å². The van der Waals surface area contributed by atoms with Gasteiger partial charge in [-0.1, -0.05) is 60.3 Å². The SMILES string of the molecule is O=c1cc(COC2CCCC2)n2c(n1)OC(COc1ccc(-c3cccc(Cl)c3Cl)cc1)C2. The Morgan fingerprint density at radius 3 is 2.67 bits per heavy atom. The molecule has 1 aliphatic heterocycles. The van der Waals surface area contributed by atoms with Crippen molar-refractivity contribution in [2.45, 2.75) is 51.0 Å². The van der Waals surface area contributed by atoms with Crippen molar-refractivity contribution in [2.75, 3.05) is 6.61 Å². The second-order valence-electron chi connectivity index (χ2n) is 8.37. The smallest absolute Gasteiger partial charge is 0.300 e. The van der Waals surface area contributed by atoms with Crippen molar-refractivity contribution in [2.24, 2.45) is 0 Å². The Balaban J connectivity index is 1.21. The summed E-state index contributed by atoms with van der Waals surface area (Å²) >= 11 is 12.4. The lowest BCUT2D eigenvalue weighted by Crippen LogP contribution is -2.23. The summed E-state index contributed by atoms with van der Waals surface area (Å²) in [5, 5.41) is 1.05. The van der Waals surface area contributed by atoms with Gasteiger partial charge in [0.25, 0.3) is 5.56 Å². The topological polar surface area (TPSA) is 62.6 Å². The molecule has 0 amide bonds. The summed E-state index contributed by atoms with van der Waals surface area (Å²) in [6, 6.07) is 15.1. The summed E-state index contributed by atoms with van der Waals surface area (Å²) in [6.07, 6.45) is 4.60. The van der Waals surface area contributed by atoms with Gasteiger partial charge in [0.15, 0.2) is 6.10 Å². The highest BCUT2D eigenvalue weighted by Crippen LogP contribution is 2.34. The van der Waals surface area contributed by atoms with Crippen LogP contribution < -0.4 is 15.0 Å². The molecule has 0 bridgehead atoms. The van der Waals surface area contributed by atoms with E-state index < -0.39 is 0 Å². The van der Waals surface area contributed by atoms with E-state index in [2.05, 4.69) is 4.98 Å². The predicted molar refractivity (Wildman–Crippen MR) is 127 cm³/mol. The van der Waals surface area contributed by atoms with Gasteiger partial charge in [-0.25, -0.2) is 0 Å². The fourth-order valence-electron chi connectivity index (χ4n) is 4.32. The third-order valence-electron chi connectivity index (χ3n) is 6.05. The van der Waals surface area contributed by atoms with Gasteiger partial charge >= 0.3 is 6.01 Å². The maximum absolute atomic E-state index is 12.0. The first-order chi connectivity index (χ1) is 16.1. The van der Waals surface area contributed by atoms with E-state index in [-0.39, 0.29) is 17.8 Å². The molecule has 1 saturated carbocycles. The van der Waals surface area contributed by atoms with Crippen molar-refractivity contribution < 1.29 is 14.2 Å². The van der Waals surface area contributed by atoms with Crippen LogP contribution in [-0.2, 0) is 17.9 Å². The summed E-state index contributed by atoms with van der Waals surface area (Å²) in [7, 11) is 0. The van der Waals surface area contributed by atoms with Crippen LogP contribution in [0.1, 0.15) is 31.4 Å². The second kappa shape index (κ2) is 9.75. The maximum atomic E-state index is 12.0. The van der Waals surface area contributed by atoms with Crippen LogP contribution in [0.15, 0.2) is 53.3 Å². The van der Waals surface area contributed by atoms with E-state index in [1.165, 1.54) is 18.9 Å². The highest BCUT2D eigenvalue weighted by molar-refractivity contribution is 6.43. The van der Waals surface area contributed by atoms with E-state index in [0.717, 1.165) is 29.7 Å². The number of fused-ring (bicyclic) bond motifs is 1. The van der Waals surface area contributed by atoms with Crippen molar-refractivity contribution >= 4 is 23.2 Å². The zero-order valence-electron chi connectivity index (χ0n) is 18.0. The zero-order valence-corrected chi connectivity index (χ0v) is 19.5. The van der Waals surface area contributed by atoms with E-state index >= 15 is 0 Å². The van der Waals surface area contributed by atoms with Crippen LogP contribution in [0.5, 0.6) is 11.8 Å². The third kappa shape index (κ3) is 5.03. The molecule has 1 aromatic heterocycles. The molecular weight excluding hydrogens is 463 g/mol. The molecule has 33 heavy (non-hydrogen) atoms. The second-order valence-corrected chi connectivity index (χ2v) is 9.16. The number of aromatic nitrogens is 2. The minimum absolute atomic E-state index is 0.244. The standard InChI is InChI=1S/C25H24Cl2N2O4/c26-22-7-3-6-21(24(22)27)16-8-10-19(11-9-16)32-15-20-13-29-17(12-23(30)28-25(29)33-20)14-31-18-4-1-2-5-18/h3,6-12,18,20H,1-2,4-5,13-15H2. The first kappa shape index (κ1) is 22.3. The predicted octanol–water partition coefficient (Wildman–Crippen LogP) is 5.52. The number of ether oxygens (including phenoxy) is 3. The molecule has 0 N–H and O–H groups in total. The van der Waals surface area contributed by atoms with Crippen molar-refractivity contribution in [1.29, 1.82) is 0 Å². The van der Waals surface area contributed by atoms with Gasteiger partial charge in [-0.2, -0.15) is 4.98 Å². The largest absolute Gasteiger partial charge is 0.490 e. The Hall–Kier alpha value is -2.54.